The van der Waals surface area contributed by atoms with Crippen molar-refractivity contribution in [1.82, 2.24) is 20.0 Å². The van der Waals surface area contributed by atoms with Crippen molar-refractivity contribution in [2.45, 2.75) is 52.4 Å². The van der Waals surface area contributed by atoms with Gasteiger partial charge in [0.15, 0.2) is 11.4 Å². The van der Waals surface area contributed by atoms with Gasteiger partial charge in [-0.05, 0) is 39.8 Å². The minimum Gasteiger partial charge on any atom is -0.476 e. The summed E-state index contributed by atoms with van der Waals surface area (Å²) in [5.74, 6) is -1.39. The molecule has 0 fully saturated rings. The number of carboxylic acid groups (broad SMARTS) is 1. The summed E-state index contributed by atoms with van der Waals surface area (Å²) in [5.41, 5.74) is 2.16. The fourth-order valence-electron chi connectivity index (χ4n) is 1.74. The lowest BCUT2D eigenvalue weighted by atomic mass is 10.3. The average Bonchev–Trinajstić information content (AvgIpc) is 3.12. The number of hydrogen-bond acceptors (Lipinski definition) is 5. The van der Waals surface area contributed by atoms with Crippen LogP contribution in [0.3, 0.4) is 0 Å². The Kier molecular flexibility index (Phi) is 10.5. The largest absolute Gasteiger partial charge is 0.476 e. The number of aromatic nitrogens is 4. The van der Waals surface area contributed by atoms with E-state index in [0.717, 1.165) is 11.4 Å². The van der Waals surface area contributed by atoms with E-state index in [4.69, 9.17) is 5.11 Å². The summed E-state index contributed by atoms with van der Waals surface area (Å²) < 4.78 is 6.13. The highest BCUT2D eigenvalue weighted by Crippen LogP contribution is 2.09. The first-order valence-electron chi connectivity index (χ1n) is 8.03. The number of carboxylic acids is 1. The number of nitrogens with zero attached hydrogens (tertiary/aromatic N) is 3. The molecule has 0 atom stereocenters. The third-order valence-electron chi connectivity index (χ3n) is 2.73. The molecule has 0 aliphatic heterocycles. The molecule has 9 heteroatoms. The van der Waals surface area contributed by atoms with Crippen LogP contribution in [0.5, 0.6) is 0 Å². The molecular formula is C17H27BrN4O4. The van der Waals surface area contributed by atoms with Gasteiger partial charge in [-0.1, -0.05) is 29.8 Å². The zero-order chi connectivity index (χ0) is 20.4. The van der Waals surface area contributed by atoms with Crippen LogP contribution >= 0.6 is 15.9 Å². The van der Waals surface area contributed by atoms with Crippen molar-refractivity contribution in [3.63, 3.8) is 0 Å². The molecule has 2 heterocycles. The Morgan fingerprint density at radius 3 is 2.00 bits per heavy atom. The van der Waals surface area contributed by atoms with Crippen molar-refractivity contribution in [2.75, 3.05) is 7.11 Å². The second-order valence-electron chi connectivity index (χ2n) is 5.96. The number of halogens is 1. The molecule has 2 rings (SSSR count). The lowest BCUT2D eigenvalue weighted by Crippen LogP contribution is -2.06. The van der Waals surface area contributed by atoms with E-state index >= 15 is 0 Å². The van der Waals surface area contributed by atoms with Crippen molar-refractivity contribution < 1.29 is 19.4 Å². The molecule has 0 spiro atoms. The number of rotatable bonds is 3. The summed E-state index contributed by atoms with van der Waals surface area (Å²) >= 11 is 3.27. The molecule has 2 aromatic heterocycles. The zero-order valence-electron chi connectivity index (χ0n) is 16.2. The number of aryl methyl sites for hydroxylation is 2. The fourth-order valence-corrected chi connectivity index (χ4v) is 1.74. The molecule has 0 aromatic carbocycles. The number of ether oxygens (including phenoxy) is 1. The molecule has 0 saturated heterocycles. The molecular weight excluding hydrogens is 404 g/mol. The van der Waals surface area contributed by atoms with Gasteiger partial charge in [-0.25, -0.2) is 9.59 Å². The molecule has 0 amide bonds. The van der Waals surface area contributed by atoms with Gasteiger partial charge in [0.05, 0.1) is 7.11 Å². The lowest BCUT2D eigenvalue weighted by molar-refractivity contribution is 0.0593. The zero-order valence-corrected chi connectivity index (χ0v) is 17.8. The van der Waals surface area contributed by atoms with Crippen molar-refractivity contribution in [1.29, 1.82) is 0 Å². The number of hydrogen-bond donors (Lipinski definition) is 2. The quantitative estimate of drug-likeness (QED) is 0.566. The number of H-pyrrole nitrogens is 1. The van der Waals surface area contributed by atoms with Crippen LogP contribution in [0.15, 0.2) is 12.1 Å². The van der Waals surface area contributed by atoms with E-state index in [2.05, 4.69) is 49.8 Å². The van der Waals surface area contributed by atoms with E-state index < -0.39 is 11.9 Å². The van der Waals surface area contributed by atoms with Gasteiger partial charge in [-0.2, -0.15) is 10.2 Å². The number of aromatic amines is 1. The molecule has 8 nitrogen and oxygen atoms in total. The van der Waals surface area contributed by atoms with Crippen LogP contribution in [-0.4, -0.2) is 49.0 Å². The number of methoxy groups -OCH3 is 1. The fraction of sp³-hybridized carbons (Fsp3) is 0.529. The molecule has 0 unspecified atom stereocenters. The van der Waals surface area contributed by atoms with Crippen LogP contribution in [0.4, 0.5) is 0 Å². The minimum atomic E-state index is -0.975. The van der Waals surface area contributed by atoms with Crippen molar-refractivity contribution in [2.24, 2.45) is 0 Å². The molecule has 146 valence electrons. The summed E-state index contributed by atoms with van der Waals surface area (Å²) in [6.07, 6.45) is 0. The molecule has 0 aliphatic carbocycles. The van der Waals surface area contributed by atoms with Gasteiger partial charge in [-0.15, -0.1) is 0 Å². The summed E-state index contributed by atoms with van der Waals surface area (Å²) in [4.78, 5) is 21.9. The third-order valence-corrected chi connectivity index (χ3v) is 2.73. The van der Waals surface area contributed by atoms with E-state index in [9.17, 15) is 9.59 Å². The Morgan fingerprint density at radius 1 is 1.19 bits per heavy atom. The Labute approximate surface area is 162 Å². The predicted octanol–water partition coefficient (Wildman–Crippen LogP) is 3.77. The number of carbonyl (C=O) groups is 2. The van der Waals surface area contributed by atoms with Crippen molar-refractivity contribution >= 4 is 27.9 Å². The maximum atomic E-state index is 10.7. The SMILES string of the molecule is CC(C)Br.COC(=O)c1cc(C)[nH]n1.Cc1cc(C(=O)O)nn1C(C)C. The Morgan fingerprint density at radius 2 is 1.73 bits per heavy atom. The van der Waals surface area contributed by atoms with E-state index in [1.54, 1.807) is 16.8 Å². The molecule has 26 heavy (non-hydrogen) atoms. The number of aromatic carboxylic acids is 1. The van der Waals surface area contributed by atoms with Crippen LogP contribution in [0, 0.1) is 13.8 Å². The topological polar surface area (TPSA) is 110 Å². The van der Waals surface area contributed by atoms with E-state index in [-0.39, 0.29) is 11.7 Å². The standard InChI is InChI=1S/C8H12N2O2.C6H8N2O2.C3H7Br/c1-5(2)10-6(3)4-7(9-10)8(11)12;1-4-3-5(8-7-4)6(9)10-2;1-3(2)4/h4-5H,1-3H3,(H,11,12);3H,1-2H3,(H,7,8);3H,1-2H3. The Balaban J connectivity index is 0.000000405. The highest BCUT2D eigenvalue weighted by molar-refractivity contribution is 9.09. The molecule has 2 aromatic rings. The maximum absolute atomic E-state index is 10.7. The summed E-state index contributed by atoms with van der Waals surface area (Å²) in [6, 6.07) is 3.41. The van der Waals surface area contributed by atoms with E-state index in [0.29, 0.717) is 10.5 Å². The number of alkyl halides is 1. The minimum absolute atomic E-state index is 0.112. The normalized spacial score (nSPS) is 9.92. The number of nitrogens with one attached hydrogen (secondary N) is 1. The van der Waals surface area contributed by atoms with Crippen molar-refractivity contribution in [3.05, 3.63) is 34.9 Å². The highest BCUT2D eigenvalue weighted by Gasteiger charge is 2.11. The van der Waals surface area contributed by atoms with Gasteiger partial charge >= 0.3 is 11.9 Å². The Hall–Kier alpha value is -2.16. The first-order chi connectivity index (χ1) is 12.0. The van der Waals surface area contributed by atoms with Gasteiger partial charge in [0.25, 0.3) is 0 Å². The first-order valence-corrected chi connectivity index (χ1v) is 8.94. The predicted molar refractivity (Wildman–Crippen MR) is 103 cm³/mol. The molecule has 0 bridgehead atoms. The average molecular weight is 431 g/mol. The van der Waals surface area contributed by atoms with Gasteiger partial charge in [-0.3, -0.25) is 9.78 Å². The Bertz CT molecular complexity index is 705. The first kappa shape index (κ1) is 23.8. The molecule has 0 radical (unpaired) electrons. The third kappa shape index (κ3) is 8.80. The van der Waals surface area contributed by atoms with Crippen LogP contribution < -0.4 is 0 Å². The molecule has 0 saturated carbocycles. The molecule has 2 N–H and O–H groups in total. The molecule has 0 aliphatic rings. The van der Waals surface area contributed by atoms with Gasteiger partial charge in [0.1, 0.15) is 0 Å². The maximum Gasteiger partial charge on any atom is 0.358 e. The van der Waals surface area contributed by atoms with Crippen molar-refractivity contribution in [3.8, 4) is 0 Å². The van der Waals surface area contributed by atoms with Crippen LogP contribution in [0.1, 0.15) is 66.1 Å². The summed E-state index contributed by atoms with van der Waals surface area (Å²) in [7, 11) is 1.33. The van der Waals surface area contributed by atoms with E-state index in [1.165, 1.54) is 7.11 Å². The summed E-state index contributed by atoms with van der Waals surface area (Å²) in [6.45, 7) is 11.8. The van der Waals surface area contributed by atoms with Crippen LogP contribution in [0.25, 0.3) is 0 Å². The highest BCUT2D eigenvalue weighted by atomic mass is 79.9. The second kappa shape index (κ2) is 11.5. The monoisotopic (exact) mass is 430 g/mol. The van der Waals surface area contributed by atoms with E-state index in [1.807, 2.05) is 27.7 Å². The lowest BCUT2D eigenvalue weighted by Gasteiger charge is -2.06. The van der Waals surface area contributed by atoms with Gasteiger partial charge in [0, 0.05) is 22.3 Å². The second-order valence-corrected chi connectivity index (χ2v) is 7.79. The van der Waals surface area contributed by atoms with Gasteiger partial charge < -0.3 is 9.84 Å². The van der Waals surface area contributed by atoms with Crippen LogP contribution in [-0.2, 0) is 4.74 Å². The van der Waals surface area contributed by atoms with Crippen LogP contribution in [0.2, 0.25) is 0 Å². The number of carbonyl (C=O) groups excluding carboxylic acids is 1. The summed E-state index contributed by atoms with van der Waals surface area (Å²) in [5, 5.41) is 18.9. The number of esters is 1. The van der Waals surface area contributed by atoms with Gasteiger partial charge in [0.2, 0.25) is 0 Å². The smallest absolute Gasteiger partial charge is 0.358 e.